The first-order valence-corrected chi connectivity index (χ1v) is 10.8. The highest BCUT2D eigenvalue weighted by molar-refractivity contribution is 5.94. The minimum Gasteiger partial charge on any atom is -0.444 e. The highest BCUT2D eigenvalue weighted by Gasteiger charge is 2.28. The molecule has 0 spiro atoms. The number of piperazine rings is 1. The van der Waals surface area contributed by atoms with Crippen LogP contribution in [0.4, 0.5) is 4.79 Å². The molecule has 2 unspecified atom stereocenters. The normalized spacial score (nSPS) is 23.4. The number of nitrogens with zero attached hydrogens (tertiary/aromatic N) is 3. The van der Waals surface area contributed by atoms with Crippen molar-refractivity contribution in [2.24, 2.45) is 0 Å². The van der Waals surface area contributed by atoms with Crippen LogP contribution in [-0.4, -0.2) is 83.8 Å². The molecule has 1 aromatic rings. The van der Waals surface area contributed by atoms with Crippen molar-refractivity contribution in [2.75, 3.05) is 39.3 Å². The maximum Gasteiger partial charge on any atom is 0.410 e. The summed E-state index contributed by atoms with van der Waals surface area (Å²) in [5.74, 6) is 0.0130. The average Bonchev–Trinajstić information content (AvgIpc) is 2.66. The third kappa shape index (κ3) is 6.19. The quantitative estimate of drug-likeness (QED) is 0.757. The number of ether oxygens (including phenoxy) is 2. The second kappa shape index (κ2) is 9.35. The van der Waals surface area contributed by atoms with Crippen molar-refractivity contribution < 1.29 is 19.1 Å². The third-order valence-corrected chi connectivity index (χ3v) is 5.32. The number of benzene rings is 1. The minimum atomic E-state index is -0.511. The molecule has 0 aliphatic carbocycles. The van der Waals surface area contributed by atoms with E-state index in [2.05, 4.69) is 18.7 Å². The molecule has 3 rings (SSSR count). The van der Waals surface area contributed by atoms with E-state index in [0.717, 1.165) is 19.6 Å². The molecule has 2 amide bonds. The molecule has 30 heavy (non-hydrogen) atoms. The van der Waals surface area contributed by atoms with Gasteiger partial charge in [-0.1, -0.05) is 12.1 Å². The van der Waals surface area contributed by atoms with E-state index in [1.807, 2.05) is 45.0 Å². The fraction of sp³-hybridized carbons (Fsp3) is 0.652. The largest absolute Gasteiger partial charge is 0.444 e. The van der Waals surface area contributed by atoms with Gasteiger partial charge in [0.1, 0.15) is 5.60 Å². The second-order valence-electron chi connectivity index (χ2n) is 9.41. The number of hydrogen-bond acceptors (Lipinski definition) is 5. The van der Waals surface area contributed by atoms with Gasteiger partial charge in [-0.25, -0.2) is 4.79 Å². The van der Waals surface area contributed by atoms with E-state index >= 15 is 0 Å². The van der Waals surface area contributed by atoms with Crippen molar-refractivity contribution >= 4 is 12.0 Å². The van der Waals surface area contributed by atoms with Crippen molar-refractivity contribution in [1.82, 2.24) is 14.7 Å². The molecule has 2 aliphatic heterocycles. The molecule has 1 aromatic carbocycles. The standard InChI is InChI=1S/C23H35N3O4/c1-17-14-24(15-18(2)29-17)16-19-6-8-20(9-7-19)21(27)25-10-12-26(13-11-25)22(28)30-23(3,4)5/h6-9,17-18H,10-16H2,1-5H3. The molecule has 0 N–H and O–H groups in total. The Labute approximate surface area is 179 Å². The first-order chi connectivity index (χ1) is 14.1. The van der Waals surface area contributed by atoms with Gasteiger partial charge in [0.15, 0.2) is 0 Å². The molecule has 7 nitrogen and oxygen atoms in total. The highest BCUT2D eigenvalue weighted by atomic mass is 16.6. The number of hydrogen-bond donors (Lipinski definition) is 0. The van der Waals surface area contributed by atoms with Crippen LogP contribution in [0.2, 0.25) is 0 Å². The van der Waals surface area contributed by atoms with Crippen LogP contribution in [0.3, 0.4) is 0 Å². The highest BCUT2D eigenvalue weighted by Crippen LogP contribution is 2.17. The zero-order chi connectivity index (χ0) is 21.9. The lowest BCUT2D eigenvalue weighted by Crippen LogP contribution is -2.51. The fourth-order valence-corrected chi connectivity index (χ4v) is 4.03. The van der Waals surface area contributed by atoms with Gasteiger partial charge < -0.3 is 19.3 Å². The Kier molecular flexibility index (Phi) is 7.03. The summed E-state index contributed by atoms with van der Waals surface area (Å²) in [6.45, 7) is 14.5. The van der Waals surface area contributed by atoms with Crippen LogP contribution in [0.15, 0.2) is 24.3 Å². The summed E-state index contributed by atoms with van der Waals surface area (Å²) in [5, 5.41) is 0. The number of carbonyl (C=O) groups is 2. The Morgan fingerprint density at radius 1 is 0.967 bits per heavy atom. The van der Waals surface area contributed by atoms with Crippen LogP contribution < -0.4 is 0 Å². The molecule has 0 saturated carbocycles. The van der Waals surface area contributed by atoms with Gasteiger partial charge in [-0.3, -0.25) is 9.69 Å². The van der Waals surface area contributed by atoms with Crippen molar-refractivity contribution in [3.05, 3.63) is 35.4 Å². The molecule has 2 heterocycles. The lowest BCUT2D eigenvalue weighted by atomic mass is 10.1. The molecular formula is C23H35N3O4. The van der Waals surface area contributed by atoms with Crippen LogP contribution in [0, 0.1) is 0 Å². The first kappa shape index (κ1) is 22.6. The lowest BCUT2D eigenvalue weighted by Gasteiger charge is -2.36. The van der Waals surface area contributed by atoms with Gasteiger partial charge in [0, 0.05) is 51.4 Å². The van der Waals surface area contributed by atoms with Crippen molar-refractivity contribution in [1.29, 1.82) is 0 Å². The molecule has 0 bridgehead atoms. The molecule has 0 radical (unpaired) electrons. The van der Waals surface area contributed by atoms with Gasteiger partial charge in [-0.05, 0) is 52.3 Å². The Hall–Kier alpha value is -2.12. The van der Waals surface area contributed by atoms with Crippen molar-refractivity contribution in [2.45, 2.75) is 59.0 Å². The van der Waals surface area contributed by atoms with E-state index < -0.39 is 5.60 Å². The van der Waals surface area contributed by atoms with Crippen LogP contribution in [-0.2, 0) is 16.0 Å². The summed E-state index contributed by atoms with van der Waals surface area (Å²) in [4.78, 5) is 30.9. The van der Waals surface area contributed by atoms with Crippen LogP contribution in [0.1, 0.15) is 50.5 Å². The summed E-state index contributed by atoms with van der Waals surface area (Å²) in [5.41, 5.74) is 1.37. The lowest BCUT2D eigenvalue weighted by molar-refractivity contribution is -0.0704. The van der Waals surface area contributed by atoms with Gasteiger partial charge in [0.05, 0.1) is 12.2 Å². The van der Waals surface area contributed by atoms with Gasteiger partial charge in [-0.2, -0.15) is 0 Å². The fourth-order valence-electron chi connectivity index (χ4n) is 4.03. The van der Waals surface area contributed by atoms with Crippen molar-refractivity contribution in [3.63, 3.8) is 0 Å². The number of morpholine rings is 1. The van der Waals surface area contributed by atoms with E-state index in [0.29, 0.717) is 31.7 Å². The topological polar surface area (TPSA) is 62.3 Å². The molecule has 0 aromatic heterocycles. The van der Waals surface area contributed by atoms with Crippen molar-refractivity contribution in [3.8, 4) is 0 Å². The Bertz CT molecular complexity index is 726. The molecular weight excluding hydrogens is 382 g/mol. The molecule has 2 atom stereocenters. The SMILES string of the molecule is CC1CN(Cc2ccc(C(=O)N3CCN(C(=O)OC(C)(C)C)CC3)cc2)CC(C)O1. The number of rotatable bonds is 3. The minimum absolute atomic E-state index is 0.0130. The van der Waals surface area contributed by atoms with Crippen LogP contribution >= 0.6 is 0 Å². The van der Waals surface area contributed by atoms with Gasteiger partial charge in [-0.15, -0.1) is 0 Å². The van der Waals surface area contributed by atoms with Crippen LogP contribution in [0.25, 0.3) is 0 Å². The van der Waals surface area contributed by atoms with Crippen LogP contribution in [0.5, 0.6) is 0 Å². The monoisotopic (exact) mass is 417 g/mol. The molecule has 166 valence electrons. The van der Waals surface area contributed by atoms with E-state index in [-0.39, 0.29) is 24.2 Å². The zero-order valence-electron chi connectivity index (χ0n) is 18.9. The second-order valence-corrected chi connectivity index (χ2v) is 9.41. The average molecular weight is 418 g/mol. The first-order valence-electron chi connectivity index (χ1n) is 10.8. The van der Waals surface area contributed by atoms with E-state index in [4.69, 9.17) is 9.47 Å². The Morgan fingerprint density at radius 2 is 1.50 bits per heavy atom. The van der Waals surface area contributed by atoms with Gasteiger partial charge in [0.25, 0.3) is 5.91 Å². The summed E-state index contributed by atoms with van der Waals surface area (Å²) >= 11 is 0. The summed E-state index contributed by atoms with van der Waals surface area (Å²) in [7, 11) is 0. The summed E-state index contributed by atoms with van der Waals surface area (Å²) < 4.78 is 11.2. The number of carbonyl (C=O) groups excluding carboxylic acids is 2. The van der Waals surface area contributed by atoms with Gasteiger partial charge >= 0.3 is 6.09 Å². The Morgan fingerprint density at radius 3 is 2.03 bits per heavy atom. The van der Waals surface area contributed by atoms with E-state index in [9.17, 15) is 9.59 Å². The molecule has 2 aliphatic rings. The maximum atomic E-state index is 12.9. The molecule has 7 heteroatoms. The Balaban J connectivity index is 1.51. The van der Waals surface area contributed by atoms with E-state index in [1.54, 1.807) is 9.80 Å². The van der Waals surface area contributed by atoms with Gasteiger partial charge in [0.2, 0.25) is 0 Å². The zero-order valence-corrected chi connectivity index (χ0v) is 18.9. The third-order valence-electron chi connectivity index (χ3n) is 5.32. The smallest absolute Gasteiger partial charge is 0.410 e. The predicted octanol–water partition coefficient (Wildman–Crippen LogP) is 2.99. The molecule has 2 saturated heterocycles. The number of amides is 2. The predicted molar refractivity (Wildman–Crippen MR) is 115 cm³/mol. The van der Waals surface area contributed by atoms with E-state index in [1.165, 1.54) is 5.56 Å². The maximum absolute atomic E-state index is 12.9. The summed E-state index contributed by atoms with van der Waals surface area (Å²) in [6, 6.07) is 7.89. The molecule has 2 fully saturated rings. The summed E-state index contributed by atoms with van der Waals surface area (Å²) in [6.07, 6.45) is 0.175.